The lowest BCUT2D eigenvalue weighted by Crippen LogP contribution is -2.09. The highest BCUT2D eigenvalue weighted by Crippen LogP contribution is 2.43. The van der Waals surface area contributed by atoms with Gasteiger partial charge in [0.05, 0.1) is 0 Å². The topological polar surface area (TPSA) is 3.24 Å². The molecule has 0 spiro atoms. The number of benzene rings is 10. The average molecular weight is 750 g/mol. The van der Waals surface area contributed by atoms with E-state index in [1.165, 1.54) is 88.3 Å². The van der Waals surface area contributed by atoms with Crippen molar-refractivity contribution in [3.63, 3.8) is 0 Å². The first-order valence-corrected chi connectivity index (χ1v) is 20.3. The Labute approximate surface area is 345 Å². The molecule has 11 rings (SSSR count). The molecule has 59 heavy (non-hydrogen) atoms. The van der Waals surface area contributed by atoms with Crippen LogP contribution in [0.3, 0.4) is 0 Å². The molecule has 0 aliphatic heterocycles. The van der Waals surface area contributed by atoms with Gasteiger partial charge >= 0.3 is 0 Å². The summed E-state index contributed by atoms with van der Waals surface area (Å²) in [5.74, 6) is 0. The Morgan fingerprint density at radius 3 is 1.25 bits per heavy atom. The van der Waals surface area contributed by atoms with Crippen molar-refractivity contribution in [3.05, 3.63) is 236 Å². The zero-order valence-electron chi connectivity index (χ0n) is 32.5. The van der Waals surface area contributed by atoms with E-state index in [0.29, 0.717) is 0 Å². The number of fused-ring (bicyclic) bond motifs is 1. The molecule has 1 heteroatoms. The molecule has 1 aliphatic rings. The van der Waals surface area contributed by atoms with Gasteiger partial charge in [-0.2, -0.15) is 0 Å². The molecule has 0 radical (unpaired) electrons. The Kier molecular flexibility index (Phi) is 8.56. The smallest absolute Gasteiger partial charge is 0.0462 e. The van der Waals surface area contributed by atoms with Crippen LogP contribution in [0.25, 0.3) is 89.3 Å². The van der Waals surface area contributed by atoms with Crippen molar-refractivity contribution in [2.24, 2.45) is 0 Å². The van der Waals surface area contributed by atoms with Crippen molar-refractivity contribution in [2.45, 2.75) is 0 Å². The third-order valence-corrected chi connectivity index (χ3v) is 11.8. The number of nitrogens with zero attached hydrogens (tertiary/aromatic N) is 1. The molecule has 1 nitrogen and oxygen atoms in total. The minimum Gasteiger partial charge on any atom is -0.311 e. The summed E-state index contributed by atoms with van der Waals surface area (Å²) >= 11 is 0. The molecule has 10 aromatic rings. The first-order chi connectivity index (χ1) is 29.2. The molecule has 0 saturated heterocycles. The van der Waals surface area contributed by atoms with Crippen LogP contribution in [0, 0.1) is 0 Å². The van der Waals surface area contributed by atoms with Crippen LogP contribution in [-0.2, 0) is 0 Å². The van der Waals surface area contributed by atoms with E-state index >= 15 is 0 Å². The fraction of sp³-hybridized carbons (Fsp3) is 0. The van der Waals surface area contributed by atoms with E-state index in [1.54, 1.807) is 0 Å². The van der Waals surface area contributed by atoms with Gasteiger partial charge in [-0.3, -0.25) is 0 Å². The van der Waals surface area contributed by atoms with Crippen molar-refractivity contribution >= 4 is 50.8 Å². The lowest BCUT2D eigenvalue weighted by Gasteiger charge is -2.26. The normalized spacial score (nSPS) is 11.7. The van der Waals surface area contributed by atoms with Crippen LogP contribution in [0.2, 0.25) is 0 Å². The number of anilines is 3. The SMILES string of the molecule is C1=Cc2cc(-c3ccc(N(c4ccc(-c5ccccc5)cc4)c4ccc(-c5cccc6cccc(-c7ccccc7)c56)cc4)cc3)cc3c(-c4ccccc4)ccc1c23. The van der Waals surface area contributed by atoms with Gasteiger partial charge in [0, 0.05) is 17.1 Å². The maximum Gasteiger partial charge on any atom is 0.0462 e. The molecule has 0 unspecified atom stereocenters. The van der Waals surface area contributed by atoms with E-state index < -0.39 is 0 Å². The Morgan fingerprint density at radius 2 is 0.695 bits per heavy atom. The molecule has 0 N–H and O–H groups in total. The van der Waals surface area contributed by atoms with Crippen LogP contribution in [-0.4, -0.2) is 0 Å². The lowest BCUT2D eigenvalue weighted by molar-refractivity contribution is 1.28. The molecule has 0 fully saturated rings. The Morgan fingerprint density at radius 1 is 0.254 bits per heavy atom. The third-order valence-electron chi connectivity index (χ3n) is 11.8. The quantitative estimate of drug-likeness (QED) is 0.150. The summed E-state index contributed by atoms with van der Waals surface area (Å²) in [6.45, 7) is 0. The van der Waals surface area contributed by atoms with Gasteiger partial charge in [0.25, 0.3) is 0 Å². The zero-order valence-corrected chi connectivity index (χ0v) is 32.5. The molecule has 0 bridgehead atoms. The van der Waals surface area contributed by atoms with E-state index in [0.717, 1.165) is 17.1 Å². The average Bonchev–Trinajstić information content (AvgIpc) is 3.74. The highest BCUT2D eigenvalue weighted by molar-refractivity contribution is 6.12. The predicted molar refractivity (Wildman–Crippen MR) is 252 cm³/mol. The van der Waals surface area contributed by atoms with E-state index in [-0.39, 0.29) is 0 Å². The largest absolute Gasteiger partial charge is 0.311 e. The summed E-state index contributed by atoms with van der Waals surface area (Å²) in [4.78, 5) is 2.36. The van der Waals surface area contributed by atoms with Crippen LogP contribution in [0.15, 0.2) is 224 Å². The van der Waals surface area contributed by atoms with E-state index in [2.05, 4.69) is 242 Å². The Hall–Kier alpha value is -7.74. The highest BCUT2D eigenvalue weighted by atomic mass is 15.1. The number of hydrogen-bond acceptors (Lipinski definition) is 1. The second-order valence-electron chi connectivity index (χ2n) is 15.3. The monoisotopic (exact) mass is 749 g/mol. The Balaban J connectivity index is 0.996. The summed E-state index contributed by atoms with van der Waals surface area (Å²) in [5, 5.41) is 5.13. The van der Waals surface area contributed by atoms with Gasteiger partial charge < -0.3 is 4.90 Å². The molecule has 0 saturated carbocycles. The minimum atomic E-state index is 1.10. The van der Waals surface area contributed by atoms with Gasteiger partial charge in [0.1, 0.15) is 0 Å². The second-order valence-corrected chi connectivity index (χ2v) is 15.3. The van der Waals surface area contributed by atoms with Gasteiger partial charge in [-0.25, -0.2) is 0 Å². The minimum absolute atomic E-state index is 1.10. The van der Waals surface area contributed by atoms with Crippen molar-refractivity contribution in [1.29, 1.82) is 0 Å². The molecule has 276 valence electrons. The van der Waals surface area contributed by atoms with Crippen molar-refractivity contribution < 1.29 is 0 Å². The van der Waals surface area contributed by atoms with Crippen molar-refractivity contribution in [3.8, 4) is 55.6 Å². The van der Waals surface area contributed by atoms with Crippen LogP contribution in [0.5, 0.6) is 0 Å². The molecular formula is C58H39N. The van der Waals surface area contributed by atoms with Crippen LogP contribution in [0.1, 0.15) is 11.1 Å². The zero-order chi connectivity index (χ0) is 39.1. The fourth-order valence-corrected chi connectivity index (χ4v) is 8.94. The number of hydrogen-bond donors (Lipinski definition) is 0. The van der Waals surface area contributed by atoms with E-state index in [1.807, 2.05) is 0 Å². The Bertz CT molecular complexity index is 3140. The van der Waals surface area contributed by atoms with Crippen LogP contribution in [0.4, 0.5) is 17.1 Å². The van der Waals surface area contributed by atoms with Gasteiger partial charge in [-0.15, -0.1) is 0 Å². The molecule has 1 aliphatic carbocycles. The molecular weight excluding hydrogens is 711 g/mol. The van der Waals surface area contributed by atoms with E-state index in [9.17, 15) is 0 Å². The lowest BCUT2D eigenvalue weighted by atomic mass is 9.91. The van der Waals surface area contributed by atoms with Crippen LogP contribution >= 0.6 is 0 Å². The number of rotatable bonds is 8. The summed E-state index contributed by atoms with van der Waals surface area (Å²) in [5.41, 5.74) is 18.1. The fourth-order valence-electron chi connectivity index (χ4n) is 8.94. The molecule has 10 aromatic carbocycles. The first-order valence-electron chi connectivity index (χ1n) is 20.3. The summed E-state index contributed by atoms with van der Waals surface area (Å²) in [7, 11) is 0. The summed E-state index contributed by atoms with van der Waals surface area (Å²) < 4.78 is 0. The van der Waals surface area contributed by atoms with E-state index in [4.69, 9.17) is 0 Å². The third kappa shape index (κ3) is 6.30. The first kappa shape index (κ1) is 34.5. The van der Waals surface area contributed by atoms with Gasteiger partial charge in [-0.1, -0.05) is 188 Å². The summed E-state index contributed by atoms with van der Waals surface area (Å²) in [6.07, 6.45) is 4.50. The standard InChI is InChI=1S/C58H39N/c1-4-12-40(13-5-1)41-24-31-50(32-25-41)59(52-35-28-45(29-36-52)55-21-11-19-46-18-10-20-54(58(46)55)44-16-8-3-9-17-44)51-33-26-42(27-34-51)49-38-48-23-22-47-30-37-53(56(39-49)57(47)48)43-14-6-2-7-15-43/h1-39H. The van der Waals surface area contributed by atoms with Crippen molar-refractivity contribution in [1.82, 2.24) is 0 Å². The second kappa shape index (κ2) is 14.6. The summed E-state index contributed by atoms with van der Waals surface area (Å²) in [6, 6.07) is 81.6. The van der Waals surface area contributed by atoms with Gasteiger partial charge in [0.15, 0.2) is 0 Å². The maximum absolute atomic E-state index is 2.38. The molecule has 0 atom stereocenters. The maximum atomic E-state index is 2.38. The molecule has 0 aromatic heterocycles. The highest BCUT2D eigenvalue weighted by Gasteiger charge is 2.18. The van der Waals surface area contributed by atoms with Crippen LogP contribution < -0.4 is 4.90 Å². The van der Waals surface area contributed by atoms with Gasteiger partial charge in [0.2, 0.25) is 0 Å². The molecule has 0 heterocycles. The van der Waals surface area contributed by atoms with Gasteiger partial charge in [-0.05, 0) is 137 Å². The predicted octanol–water partition coefficient (Wildman–Crippen LogP) is 16.3. The molecule has 0 amide bonds. The van der Waals surface area contributed by atoms with Crippen molar-refractivity contribution in [2.75, 3.05) is 4.90 Å².